The van der Waals surface area contributed by atoms with Crippen LogP contribution in [0.4, 0.5) is 11.4 Å². The maximum absolute atomic E-state index is 12.3. The van der Waals surface area contributed by atoms with E-state index in [9.17, 15) is 9.59 Å². The average Bonchev–Trinajstić information content (AvgIpc) is 2.62. The molecule has 0 unspecified atom stereocenters. The van der Waals surface area contributed by atoms with Crippen molar-refractivity contribution in [3.05, 3.63) is 66.7 Å². The number of benzene rings is 3. The molecular weight excluding hydrogens is 328 g/mol. The summed E-state index contributed by atoms with van der Waals surface area (Å²) in [6, 6.07) is 20.6. The quantitative estimate of drug-likeness (QED) is 0.726. The van der Waals surface area contributed by atoms with E-state index in [1.165, 1.54) is 6.92 Å². The van der Waals surface area contributed by atoms with Crippen molar-refractivity contribution in [2.24, 2.45) is 0 Å². The number of carbonyl (C=O) groups excluding carboxylic acids is 2. The first-order chi connectivity index (χ1) is 12.5. The van der Waals surface area contributed by atoms with Gasteiger partial charge in [0.1, 0.15) is 5.75 Å². The van der Waals surface area contributed by atoms with Gasteiger partial charge in [-0.3, -0.25) is 9.59 Å². The van der Waals surface area contributed by atoms with Crippen LogP contribution in [-0.2, 0) is 9.59 Å². The van der Waals surface area contributed by atoms with E-state index < -0.39 is 6.10 Å². The summed E-state index contributed by atoms with van der Waals surface area (Å²) in [5.74, 6) is 0.261. The zero-order valence-electron chi connectivity index (χ0n) is 14.7. The smallest absolute Gasteiger partial charge is 0.265 e. The Morgan fingerprint density at radius 3 is 2.12 bits per heavy atom. The number of nitrogens with one attached hydrogen (secondary N) is 2. The van der Waals surface area contributed by atoms with Gasteiger partial charge in [0, 0.05) is 18.3 Å². The summed E-state index contributed by atoms with van der Waals surface area (Å²) in [4.78, 5) is 23.4. The summed E-state index contributed by atoms with van der Waals surface area (Å²) in [6.45, 7) is 3.15. The van der Waals surface area contributed by atoms with Gasteiger partial charge in [0.2, 0.25) is 5.91 Å². The summed E-state index contributed by atoms with van der Waals surface area (Å²) >= 11 is 0. The zero-order chi connectivity index (χ0) is 18.5. The van der Waals surface area contributed by atoms with Gasteiger partial charge < -0.3 is 15.4 Å². The van der Waals surface area contributed by atoms with Crippen LogP contribution in [0.5, 0.6) is 5.75 Å². The van der Waals surface area contributed by atoms with Crippen LogP contribution in [0.3, 0.4) is 0 Å². The number of hydrogen-bond donors (Lipinski definition) is 2. The minimum atomic E-state index is -0.647. The lowest BCUT2D eigenvalue weighted by atomic mass is 10.1. The van der Waals surface area contributed by atoms with Gasteiger partial charge in [-0.05, 0) is 54.1 Å². The number of carbonyl (C=O) groups is 2. The monoisotopic (exact) mass is 348 g/mol. The van der Waals surface area contributed by atoms with Gasteiger partial charge in [-0.2, -0.15) is 0 Å². The van der Waals surface area contributed by atoms with Gasteiger partial charge in [0.05, 0.1) is 0 Å². The minimum Gasteiger partial charge on any atom is -0.481 e. The molecule has 3 rings (SSSR count). The molecule has 2 N–H and O–H groups in total. The lowest BCUT2D eigenvalue weighted by Crippen LogP contribution is -2.30. The SMILES string of the molecule is CC(=O)Nc1ccc(NC(=O)[C@@H](C)Oc2ccc3ccccc3c2)cc1. The van der Waals surface area contributed by atoms with E-state index in [2.05, 4.69) is 10.6 Å². The number of rotatable bonds is 5. The van der Waals surface area contributed by atoms with E-state index >= 15 is 0 Å². The van der Waals surface area contributed by atoms with Crippen molar-refractivity contribution in [3.63, 3.8) is 0 Å². The Morgan fingerprint density at radius 1 is 0.846 bits per heavy atom. The molecule has 0 heterocycles. The van der Waals surface area contributed by atoms with Gasteiger partial charge in [-0.1, -0.05) is 30.3 Å². The van der Waals surface area contributed by atoms with Crippen molar-refractivity contribution in [1.29, 1.82) is 0 Å². The van der Waals surface area contributed by atoms with E-state index in [-0.39, 0.29) is 11.8 Å². The van der Waals surface area contributed by atoms with E-state index in [0.29, 0.717) is 17.1 Å². The fraction of sp³-hybridized carbons (Fsp3) is 0.143. The second-order valence-corrected chi connectivity index (χ2v) is 6.02. The molecule has 0 radical (unpaired) electrons. The molecule has 132 valence electrons. The fourth-order valence-electron chi connectivity index (χ4n) is 2.58. The first-order valence-corrected chi connectivity index (χ1v) is 8.35. The molecule has 1 atom stereocenters. The maximum atomic E-state index is 12.3. The van der Waals surface area contributed by atoms with Crippen molar-refractivity contribution >= 4 is 34.0 Å². The summed E-state index contributed by atoms with van der Waals surface area (Å²) in [7, 11) is 0. The Kier molecular flexibility index (Phi) is 5.17. The molecule has 0 saturated carbocycles. The van der Waals surface area contributed by atoms with Crippen LogP contribution >= 0.6 is 0 Å². The number of anilines is 2. The molecule has 0 spiro atoms. The largest absolute Gasteiger partial charge is 0.481 e. The van der Waals surface area contributed by atoms with Crippen LogP contribution in [0.25, 0.3) is 10.8 Å². The Morgan fingerprint density at radius 2 is 1.46 bits per heavy atom. The molecule has 26 heavy (non-hydrogen) atoms. The van der Waals surface area contributed by atoms with Crippen LogP contribution in [0, 0.1) is 0 Å². The number of ether oxygens (including phenoxy) is 1. The van der Waals surface area contributed by atoms with E-state index in [1.807, 2.05) is 42.5 Å². The predicted octanol–water partition coefficient (Wildman–Crippen LogP) is 4.20. The summed E-state index contributed by atoms with van der Waals surface area (Å²) in [6.07, 6.45) is -0.647. The molecule has 5 nitrogen and oxygen atoms in total. The van der Waals surface area contributed by atoms with Gasteiger partial charge in [0.25, 0.3) is 5.91 Å². The molecule has 3 aromatic carbocycles. The van der Waals surface area contributed by atoms with Crippen LogP contribution in [0.1, 0.15) is 13.8 Å². The first-order valence-electron chi connectivity index (χ1n) is 8.35. The van der Waals surface area contributed by atoms with Crippen LogP contribution < -0.4 is 15.4 Å². The van der Waals surface area contributed by atoms with Gasteiger partial charge in [-0.15, -0.1) is 0 Å². The van der Waals surface area contributed by atoms with E-state index in [1.54, 1.807) is 31.2 Å². The number of fused-ring (bicyclic) bond motifs is 1. The third kappa shape index (κ3) is 4.39. The highest BCUT2D eigenvalue weighted by atomic mass is 16.5. The summed E-state index contributed by atoms with van der Waals surface area (Å²) in [5.41, 5.74) is 1.31. The Labute approximate surface area is 152 Å². The molecule has 0 saturated heterocycles. The first kappa shape index (κ1) is 17.5. The van der Waals surface area contributed by atoms with Crippen LogP contribution in [0.15, 0.2) is 66.7 Å². The van der Waals surface area contributed by atoms with Gasteiger partial charge >= 0.3 is 0 Å². The van der Waals surface area contributed by atoms with Crippen molar-refractivity contribution < 1.29 is 14.3 Å². The Balaban J connectivity index is 1.62. The second-order valence-electron chi connectivity index (χ2n) is 6.02. The van der Waals surface area contributed by atoms with Gasteiger partial charge in [-0.25, -0.2) is 0 Å². The second kappa shape index (κ2) is 7.70. The molecule has 2 amide bonds. The molecule has 0 bridgehead atoms. The maximum Gasteiger partial charge on any atom is 0.265 e. The molecule has 0 aliphatic rings. The van der Waals surface area contributed by atoms with Crippen molar-refractivity contribution in [2.75, 3.05) is 10.6 Å². The van der Waals surface area contributed by atoms with Crippen molar-refractivity contribution in [3.8, 4) is 5.75 Å². The molecule has 0 fully saturated rings. The lowest BCUT2D eigenvalue weighted by molar-refractivity contribution is -0.122. The van der Waals surface area contributed by atoms with Gasteiger partial charge in [0.15, 0.2) is 6.10 Å². The van der Waals surface area contributed by atoms with Crippen molar-refractivity contribution in [1.82, 2.24) is 0 Å². The van der Waals surface area contributed by atoms with Crippen molar-refractivity contribution in [2.45, 2.75) is 20.0 Å². The average molecular weight is 348 g/mol. The van der Waals surface area contributed by atoms with Crippen LogP contribution in [0.2, 0.25) is 0 Å². The molecule has 0 aliphatic heterocycles. The molecule has 0 aromatic heterocycles. The predicted molar refractivity (Wildman–Crippen MR) is 103 cm³/mol. The third-order valence-corrected chi connectivity index (χ3v) is 3.88. The molecule has 3 aromatic rings. The molecular formula is C21H20N2O3. The molecule has 5 heteroatoms. The minimum absolute atomic E-state index is 0.140. The normalized spacial score (nSPS) is 11.6. The van der Waals surface area contributed by atoms with Crippen LogP contribution in [-0.4, -0.2) is 17.9 Å². The highest BCUT2D eigenvalue weighted by Crippen LogP contribution is 2.22. The Bertz CT molecular complexity index is 935. The molecule has 0 aliphatic carbocycles. The number of hydrogen-bond acceptors (Lipinski definition) is 3. The number of amides is 2. The Hall–Kier alpha value is -3.34. The highest BCUT2D eigenvalue weighted by molar-refractivity contribution is 5.95. The summed E-state index contributed by atoms with van der Waals surface area (Å²) in [5, 5.41) is 7.66. The fourth-order valence-corrected chi connectivity index (χ4v) is 2.58. The lowest BCUT2D eigenvalue weighted by Gasteiger charge is -2.15. The highest BCUT2D eigenvalue weighted by Gasteiger charge is 2.15. The zero-order valence-corrected chi connectivity index (χ0v) is 14.7. The van der Waals surface area contributed by atoms with E-state index in [4.69, 9.17) is 4.74 Å². The van der Waals surface area contributed by atoms with E-state index in [0.717, 1.165) is 10.8 Å². The third-order valence-electron chi connectivity index (χ3n) is 3.88. The summed E-state index contributed by atoms with van der Waals surface area (Å²) < 4.78 is 5.76. The standard InChI is InChI=1S/C21H20N2O3/c1-14(26-20-12-7-16-5-3-4-6-17(16)13-20)21(25)23-19-10-8-18(9-11-19)22-15(2)24/h3-14H,1-2H3,(H,22,24)(H,23,25)/t14-/m1/s1. The topological polar surface area (TPSA) is 67.4 Å².